The van der Waals surface area contributed by atoms with E-state index in [0.717, 1.165) is 16.9 Å². The predicted octanol–water partition coefficient (Wildman–Crippen LogP) is 3.16. The molecule has 6 heteroatoms. The molecule has 0 unspecified atom stereocenters. The number of benzene rings is 1. The van der Waals surface area contributed by atoms with E-state index in [9.17, 15) is 10.1 Å². The Morgan fingerprint density at radius 3 is 2.68 bits per heavy atom. The lowest BCUT2D eigenvalue weighted by atomic mass is 10.2. The van der Waals surface area contributed by atoms with Gasteiger partial charge in [-0.15, -0.1) is 11.3 Å². The monoisotopic (exact) mass is 273 g/mol. The Hall–Kier alpha value is -2.39. The molecule has 0 aliphatic rings. The molecule has 0 saturated carbocycles. The molecule has 0 bridgehead atoms. The van der Waals surface area contributed by atoms with Gasteiger partial charge in [-0.1, -0.05) is 30.3 Å². The topological polar surface area (TPSA) is 70.2 Å². The zero-order valence-electron chi connectivity index (χ0n) is 10.2. The average molecular weight is 273 g/mol. The third-order valence-electron chi connectivity index (χ3n) is 2.61. The van der Waals surface area contributed by atoms with Gasteiger partial charge in [0.1, 0.15) is 10.9 Å². The molecule has 19 heavy (non-hydrogen) atoms. The maximum Gasteiger partial charge on any atom is 0.305 e. The van der Waals surface area contributed by atoms with Gasteiger partial charge in [-0.05, 0) is 5.56 Å². The molecule has 2 rings (SSSR count). The summed E-state index contributed by atoms with van der Waals surface area (Å²) in [5.41, 5.74) is 1.05. The first-order valence-electron chi connectivity index (χ1n) is 5.55. The molecular weight excluding hydrogens is 262 g/mol. The summed E-state index contributed by atoms with van der Waals surface area (Å²) in [6.45, 7) is 0.563. The highest BCUT2D eigenvalue weighted by atomic mass is 32.1. The molecule has 5 nitrogen and oxygen atoms in total. The standard InChI is InChI=1S/C13H11N3O2S/c1-15(9-10-5-3-2-4-6-10)13-12(16(17)18)7-11(8-14)19-13/h2-7H,9H2,1H3. The molecule has 0 aliphatic carbocycles. The maximum atomic E-state index is 11.0. The second-order valence-electron chi connectivity index (χ2n) is 4.01. The van der Waals surface area contributed by atoms with E-state index in [1.807, 2.05) is 36.4 Å². The number of nitro groups is 1. The Balaban J connectivity index is 2.28. The van der Waals surface area contributed by atoms with Crippen molar-refractivity contribution in [2.24, 2.45) is 0 Å². The molecule has 0 atom stereocenters. The number of nitriles is 1. The Bertz CT molecular complexity index is 631. The molecule has 1 heterocycles. The number of rotatable bonds is 4. The minimum Gasteiger partial charge on any atom is -0.356 e. The lowest BCUT2D eigenvalue weighted by molar-refractivity contribution is -0.383. The molecule has 0 spiro atoms. The lowest BCUT2D eigenvalue weighted by Gasteiger charge is -2.16. The summed E-state index contributed by atoms with van der Waals surface area (Å²) in [7, 11) is 1.78. The molecular formula is C13H11N3O2S. The van der Waals surface area contributed by atoms with Gasteiger partial charge in [0, 0.05) is 19.7 Å². The van der Waals surface area contributed by atoms with Crippen LogP contribution in [0.15, 0.2) is 36.4 Å². The Labute approximate surface area is 114 Å². The van der Waals surface area contributed by atoms with Crippen molar-refractivity contribution in [2.45, 2.75) is 6.54 Å². The number of nitrogens with zero attached hydrogens (tertiary/aromatic N) is 3. The van der Waals surface area contributed by atoms with Crippen LogP contribution in [0, 0.1) is 21.4 Å². The molecule has 0 saturated heterocycles. The van der Waals surface area contributed by atoms with Gasteiger partial charge in [0.15, 0.2) is 5.00 Å². The van der Waals surface area contributed by atoms with E-state index in [2.05, 4.69) is 0 Å². The number of hydrogen-bond donors (Lipinski definition) is 0. The largest absolute Gasteiger partial charge is 0.356 e. The molecule has 0 amide bonds. The Morgan fingerprint density at radius 2 is 2.11 bits per heavy atom. The van der Waals surface area contributed by atoms with Crippen LogP contribution in [0.5, 0.6) is 0 Å². The number of anilines is 1. The predicted molar refractivity (Wildman–Crippen MR) is 74.2 cm³/mol. The molecule has 0 fully saturated rings. The highest BCUT2D eigenvalue weighted by Gasteiger charge is 2.22. The molecule has 1 aromatic heterocycles. The molecule has 2 aromatic rings. The second kappa shape index (κ2) is 5.50. The van der Waals surface area contributed by atoms with E-state index in [-0.39, 0.29) is 5.69 Å². The van der Waals surface area contributed by atoms with E-state index in [1.54, 1.807) is 11.9 Å². The van der Waals surface area contributed by atoms with Gasteiger partial charge in [0.2, 0.25) is 0 Å². The normalized spacial score (nSPS) is 9.89. The third kappa shape index (κ3) is 2.89. The van der Waals surface area contributed by atoms with Crippen molar-refractivity contribution < 1.29 is 4.92 Å². The van der Waals surface area contributed by atoms with Crippen LogP contribution in [0.1, 0.15) is 10.4 Å². The van der Waals surface area contributed by atoms with Crippen molar-refractivity contribution in [1.29, 1.82) is 5.26 Å². The van der Waals surface area contributed by atoms with Crippen molar-refractivity contribution in [2.75, 3.05) is 11.9 Å². The van der Waals surface area contributed by atoms with Crippen LogP contribution in [0.3, 0.4) is 0 Å². The van der Waals surface area contributed by atoms with Gasteiger partial charge in [-0.2, -0.15) is 5.26 Å². The van der Waals surface area contributed by atoms with Gasteiger partial charge < -0.3 is 4.90 Å². The maximum absolute atomic E-state index is 11.0. The average Bonchev–Trinajstić information content (AvgIpc) is 2.84. The second-order valence-corrected chi connectivity index (χ2v) is 5.04. The zero-order valence-corrected chi connectivity index (χ0v) is 11.1. The minimum atomic E-state index is -0.450. The molecule has 96 valence electrons. The summed E-state index contributed by atoms with van der Waals surface area (Å²) >= 11 is 1.14. The first-order chi connectivity index (χ1) is 9.11. The fourth-order valence-corrected chi connectivity index (χ4v) is 2.64. The first kappa shape index (κ1) is 13.1. The van der Waals surface area contributed by atoms with E-state index in [1.165, 1.54) is 6.07 Å². The van der Waals surface area contributed by atoms with Crippen LogP contribution in [0.2, 0.25) is 0 Å². The third-order valence-corrected chi connectivity index (χ3v) is 3.75. The highest BCUT2D eigenvalue weighted by molar-refractivity contribution is 7.17. The van der Waals surface area contributed by atoms with E-state index >= 15 is 0 Å². The van der Waals surface area contributed by atoms with E-state index in [0.29, 0.717) is 16.4 Å². The van der Waals surface area contributed by atoms with Crippen LogP contribution >= 0.6 is 11.3 Å². The highest BCUT2D eigenvalue weighted by Crippen LogP contribution is 2.37. The Morgan fingerprint density at radius 1 is 1.42 bits per heavy atom. The number of hydrogen-bond acceptors (Lipinski definition) is 5. The van der Waals surface area contributed by atoms with Crippen LogP contribution in [-0.4, -0.2) is 12.0 Å². The van der Waals surface area contributed by atoms with Gasteiger partial charge in [-0.3, -0.25) is 10.1 Å². The van der Waals surface area contributed by atoms with Crippen LogP contribution in [-0.2, 0) is 6.54 Å². The summed E-state index contributed by atoms with van der Waals surface area (Å²) in [6, 6.07) is 13.0. The van der Waals surface area contributed by atoms with Gasteiger partial charge in [-0.25, -0.2) is 0 Å². The molecule has 1 aromatic carbocycles. The lowest BCUT2D eigenvalue weighted by Crippen LogP contribution is -2.16. The fraction of sp³-hybridized carbons (Fsp3) is 0.154. The van der Waals surface area contributed by atoms with Crippen molar-refractivity contribution in [1.82, 2.24) is 0 Å². The smallest absolute Gasteiger partial charge is 0.305 e. The van der Waals surface area contributed by atoms with Crippen molar-refractivity contribution in [3.8, 4) is 6.07 Å². The van der Waals surface area contributed by atoms with Gasteiger partial charge >= 0.3 is 5.69 Å². The van der Waals surface area contributed by atoms with Crippen LogP contribution < -0.4 is 4.90 Å². The molecule has 0 radical (unpaired) electrons. The first-order valence-corrected chi connectivity index (χ1v) is 6.37. The fourth-order valence-electron chi connectivity index (χ4n) is 1.76. The van der Waals surface area contributed by atoms with Crippen molar-refractivity contribution in [3.63, 3.8) is 0 Å². The summed E-state index contributed by atoms with van der Waals surface area (Å²) in [5.74, 6) is 0. The van der Waals surface area contributed by atoms with E-state index < -0.39 is 4.92 Å². The van der Waals surface area contributed by atoms with Gasteiger partial charge in [0.05, 0.1) is 4.92 Å². The summed E-state index contributed by atoms with van der Waals surface area (Å²) in [5, 5.41) is 20.3. The van der Waals surface area contributed by atoms with Gasteiger partial charge in [0.25, 0.3) is 0 Å². The SMILES string of the molecule is CN(Cc1ccccc1)c1sc(C#N)cc1[N+](=O)[O-]. The number of thiophene rings is 1. The summed E-state index contributed by atoms with van der Waals surface area (Å²) < 4.78 is 0. The Kier molecular flexibility index (Phi) is 3.78. The molecule has 0 N–H and O–H groups in total. The summed E-state index contributed by atoms with van der Waals surface area (Å²) in [6.07, 6.45) is 0. The molecule has 0 aliphatic heterocycles. The quantitative estimate of drug-likeness (QED) is 0.633. The zero-order chi connectivity index (χ0) is 13.8. The van der Waals surface area contributed by atoms with Crippen LogP contribution in [0.25, 0.3) is 0 Å². The minimum absolute atomic E-state index is 0.0139. The van der Waals surface area contributed by atoms with Crippen molar-refractivity contribution in [3.05, 3.63) is 57.0 Å². The van der Waals surface area contributed by atoms with Crippen molar-refractivity contribution >= 4 is 22.0 Å². The van der Waals surface area contributed by atoms with Crippen LogP contribution in [0.4, 0.5) is 10.7 Å². The summed E-state index contributed by atoms with van der Waals surface area (Å²) in [4.78, 5) is 12.7. The van der Waals surface area contributed by atoms with E-state index in [4.69, 9.17) is 5.26 Å².